The average Bonchev–Trinajstić information content (AvgIpc) is 2.38. The van der Waals surface area contributed by atoms with Crippen LogP contribution in [0, 0.1) is 11.7 Å². The number of benzene rings is 1. The first-order chi connectivity index (χ1) is 9.00. The van der Waals surface area contributed by atoms with Crippen LogP contribution < -0.4 is 0 Å². The molecule has 0 saturated carbocycles. The smallest absolute Gasteiger partial charge is 0.306 e. The van der Waals surface area contributed by atoms with Crippen molar-refractivity contribution < 1.29 is 19.1 Å². The van der Waals surface area contributed by atoms with Gasteiger partial charge in [-0.15, -0.1) is 0 Å². The number of hydrogen-bond acceptors (Lipinski definition) is 2. The van der Waals surface area contributed by atoms with Crippen LogP contribution in [0.4, 0.5) is 4.39 Å². The van der Waals surface area contributed by atoms with E-state index in [0.717, 1.165) is 0 Å². The van der Waals surface area contributed by atoms with Gasteiger partial charge in [-0.05, 0) is 25.0 Å². The van der Waals surface area contributed by atoms with Gasteiger partial charge in [0.1, 0.15) is 5.82 Å². The van der Waals surface area contributed by atoms with Gasteiger partial charge in [0.15, 0.2) is 0 Å². The van der Waals surface area contributed by atoms with Crippen molar-refractivity contribution in [3.63, 3.8) is 0 Å². The minimum atomic E-state index is -0.851. The van der Waals surface area contributed by atoms with Crippen LogP contribution >= 0.6 is 11.6 Å². The van der Waals surface area contributed by atoms with Gasteiger partial charge in [-0.3, -0.25) is 9.59 Å². The van der Waals surface area contributed by atoms with Crippen LogP contribution in [0.2, 0.25) is 5.02 Å². The molecule has 0 spiro atoms. The van der Waals surface area contributed by atoms with E-state index in [2.05, 4.69) is 0 Å². The number of carbonyl (C=O) groups is 2. The highest BCUT2D eigenvalue weighted by Gasteiger charge is 2.29. The third-order valence-electron chi connectivity index (χ3n) is 3.31. The maximum Gasteiger partial charge on any atom is 0.306 e. The number of rotatable bonds is 2. The zero-order valence-corrected chi connectivity index (χ0v) is 10.9. The van der Waals surface area contributed by atoms with Crippen LogP contribution in [0.5, 0.6) is 0 Å². The lowest BCUT2D eigenvalue weighted by molar-refractivity contribution is -0.143. The Bertz CT molecular complexity index is 492. The SMILES string of the molecule is O=C(O)C1CCN(C(=O)c2c(F)cccc2Cl)CC1. The van der Waals surface area contributed by atoms with Gasteiger partial charge in [0, 0.05) is 13.1 Å². The molecule has 2 rings (SSSR count). The van der Waals surface area contributed by atoms with Crippen molar-refractivity contribution >= 4 is 23.5 Å². The summed E-state index contributed by atoms with van der Waals surface area (Å²) in [6, 6.07) is 4.08. The predicted molar refractivity (Wildman–Crippen MR) is 67.7 cm³/mol. The molecule has 1 saturated heterocycles. The van der Waals surface area contributed by atoms with E-state index in [4.69, 9.17) is 16.7 Å². The molecule has 0 radical (unpaired) electrons. The third-order valence-corrected chi connectivity index (χ3v) is 3.62. The molecule has 1 aliphatic heterocycles. The molecule has 1 aromatic rings. The van der Waals surface area contributed by atoms with E-state index in [1.54, 1.807) is 0 Å². The molecule has 0 atom stereocenters. The fourth-order valence-corrected chi connectivity index (χ4v) is 2.43. The molecule has 1 amide bonds. The molecule has 1 aliphatic rings. The van der Waals surface area contributed by atoms with Gasteiger partial charge in [0.2, 0.25) is 0 Å². The van der Waals surface area contributed by atoms with Crippen LogP contribution in [0.25, 0.3) is 0 Å². The fourth-order valence-electron chi connectivity index (χ4n) is 2.19. The Hall–Kier alpha value is -1.62. The highest BCUT2D eigenvalue weighted by Crippen LogP contribution is 2.24. The van der Waals surface area contributed by atoms with Crippen molar-refractivity contribution in [3.8, 4) is 0 Å². The molecule has 6 heteroatoms. The molecule has 1 heterocycles. The van der Waals surface area contributed by atoms with Crippen molar-refractivity contribution in [1.29, 1.82) is 0 Å². The molecular weight excluding hydrogens is 273 g/mol. The van der Waals surface area contributed by atoms with Crippen molar-refractivity contribution in [2.75, 3.05) is 13.1 Å². The fraction of sp³-hybridized carbons (Fsp3) is 0.385. The number of aliphatic carboxylic acids is 1. The van der Waals surface area contributed by atoms with E-state index in [9.17, 15) is 14.0 Å². The predicted octanol–water partition coefficient (Wildman–Crippen LogP) is 2.42. The largest absolute Gasteiger partial charge is 0.481 e. The molecule has 0 aliphatic carbocycles. The molecule has 1 aromatic carbocycles. The van der Waals surface area contributed by atoms with Gasteiger partial charge < -0.3 is 10.0 Å². The number of piperidine rings is 1. The average molecular weight is 286 g/mol. The zero-order valence-electron chi connectivity index (χ0n) is 10.1. The second-order valence-corrected chi connectivity index (χ2v) is 4.91. The Kier molecular flexibility index (Phi) is 4.04. The third kappa shape index (κ3) is 2.87. The number of nitrogens with zero attached hydrogens (tertiary/aromatic N) is 1. The maximum atomic E-state index is 13.6. The van der Waals surface area contributed by atoms with Crippen LogP contribution in [-0.2, 0) is 4.79 Å². The minimum Gasteiger partial charge on any atom is -0.481 e. The van der Waals surface area contributed by atoms with Gasteiger partial charge in [-0.1, -0.05) is 17.7 Å². The first-order valence-electron chi connectivity index (χ1n) is 5.97. The van der Waals surface area contributed by atoms with Crippen molar-refractivity contribution in [1.82, 2.24) is 4.90 Å². The van der Waals surface area contributed by atoms with Crippen LogP contribution in [0.15, 0.2) is 18.2 Å². The molecular formula is C13H13ClFNO3. The second-order valence-electron chi connectivity index (χ2n) is 4.50. The summed E-state index contributed by atoms with van der Waals surface area (Å²) >= 11 is 5.84. The van der Waals surface area contributed by atoms with Gasteiger partial charge >= 0.3 is 5.97 Å². The monoisotopic (exact) mass is 285 g/mol. The van der Waals surface area contributed by atoms with Crippen LogP contribution in [0.3, 0.4) is 0 Å². The van der Waals surface area contributed by atoms with Gasteiger partial charge in [-0.2, -0.15) is 0 Å². The summed E-state index contributed by atoms with van der Waals surface area (Å²) < 4.78 is 13.6. The number of carbonyl (C=O) groups excluding carboxylic acids is 1. The lowest BCUT2D eigenvalue weighted by Gasteiger charge is -2.30. The number of carboxylic acid groups (broad SMARTS) is 1. The Morgan fingerprint density at radius 2 is 1.95 bits per heavy atom. The Morgan fingerprint density at radius 1 is 1.32 bits per heavy atom. The van der Waals surface area contributed by atoms with E-state index < -0.39 is 23.6 Å². The summed E-state index contributed by atoms with van der Waals surface area (Å²) in [5.74, 6) is -2.42. The molecule has 4 nitrogen and oxygen atoms in total. The number of carboxylic acids is 1. The lowest BCUT2D eigenvalue weighted by atomic mass is 9.96. The minimum absolute atomic E-state index is 0.0744. The number of hydrogen-bond donors (Lipinski definition) is 1. The van der Waals surface area contributed by atoms with E-state index in [1.165, 1.54) is 23.1 Å². The molecule has 1 fully saturated rings. The van der Waals surface area contributed by atoms with Gasteiger partial charge in [0.05, 0.1) is 16.5 Å². The lowest BCUT2D eigenvalue weighted by Crippen LogP contribution is -2.40. The Labute approximate surface area is 114 Å². The first kappa shape index (κ1) is 13.8. The summed E-state index contributed by atoms with van der Waals surface area (Å²) in [5, 5.41) is 8.96. The Morgan fingerprint density at radius 3 is 2.47 bits per heavy atom. The summed E-state index contributed by atoms with van der Waals surface area (Å²) in [4.78, 5) is 24.4. The van der Waals surface area contributed by atoms with Crippen molar-refractivity contribution in [2.45, 2.75) is 12.8 Å². The van der Waals surface area contributed by atoms with Crippen molar-refractivity contribution in [3.05, 3.63) is 34.6 Å². The standard InChI is InChI=1S/C13H13ClFNO3/c14-9-2-1-3-10(15)11(9)12(17)16-6-4-8(5-7-16)13(18)19/h1-3,8H,4-7H2,(H,18,19). The summed E-state index contributed by atoms with van der Waals surface area (Å²) in [6.07, 6.45) is 0.764. The highest BCUT2D eigenvalue weighted by atomic mass is 35.5. The number of likely N-dealkylation sites (tertiary alicyclic amines) is 1. The molecule has 1 N–H and O–H groups in total. The molecule has 0 bridgehead atoms. The summed E-state index contributed by atoms with van der Waals surface area (Å²) in [6.45, 7) is 0.612. The van der Waals surface area contributed by atoms with Gasteiger partial charge in [-0.25, -0.2) is 4.39 Å². The van der Waals surface area contributed by atoms with Crippen molar-refractivity contribution in [2.24, 2.45) is 5.92 Å². The topological polar surface area (TPSA) is 57.6 Å². The van der Waals surface area contributed by atoms with E-state index in [0.29, 0.717) is 25.9 Å². The van der Waals surface area contributed by atoms with E-state index in [1.807, 2.05) is 0 Å². The second kappa shape index (κ2) is 5.57. The van der Waals surface area contributed by atoms with Crippen LogP contribution in [-0.4, -0.2) is 35.0 Å². The highest BCUT2D eigenvalue weighted by molar-refractivity contribution is 6.33. The number of halogens is 2. The number of amides is 1. The van der Waals surface area contributed by atoms with Crippen LogP contribution in [0.1, 0.15) is 23.2 Å². The molecule has 0 aromatic heterocycles. The molecule has 102 valence electrons. The van der Waals surface area contributed by atoms with E-state index >= 15 is 0 Å². The van der Waals surface area contributed by atoms with E-state index in [-0.39, 0.29) is 10.6 Å². The summed E-state index contributed by atoms with van der Waals surface area (Å²) in [7, 11) is 0. The zero-order chi connectivity index (χ0) is 14.0. The quantitative estimate of drug-likeness (QED) is 0.908. The first-order valence-corrected chi connectivity index (χ1v) is 6.34. The molecule has 0 unspecified atom stereocenters. The Balaban J connectivity index is 2.12. The molecule has 19 heavy (non-hydrogen) atoms. The van der Waals surface area contributed by atoms with Gasteiger partial charge in [0.25, 0.3) is 5.91 Å². The normalized spacial score (nSPS) is 16.4. The summed E-state index contributed by atoms with van der Waals surface area (Å²) in [5.41, 5.74) is -0.141. The maximum absolute atomic E-state index is 13.6.